The first-order chi connectivity index (χ1) is 12.0. The second-order valence-corrected chi connectivity index (χ2v) is 6.05. The van der Waals surface area contributed by atoms with Crippen molar-refractivity contribution in [3.8, 4) is 0 Å². The van der Waals surface area contributed by atoms with Crippen LogP contribution in [0.1, 0.15) is 36.0 Å². The van der Waals surface area contributed by atoms with Gasteiger partial charge in [-0.15, -0.1) is 0 Å². The van der Waals surface area contributed by atoms with Crippen molar-refractivity contribution in [2.45, 2.75) is 38.3 Å². The van der Waals surface area contributed by atoms with Crippen molar-refractivity contribution in [2.24, 2.45) is 0 Å². The topological polar surface area (TPSA) is 76.0 Å². The highest BCUT2D eigenvalue weighted by atomic mass is 19.1. The van der Waals surface area contributed by atoms with Gasteiger partial charge in [0, 0.05) is 18.3 Å². The van der Waals surface area contributed by atoms with Gasteiger partial charge in [0.15, 0.2) is 0 Å². The molecule has 1 saturated carbocycles. The van der Waals surface area contributed by atoms with Crippen molar-refractivity contribution in [1.29, 1.82) is 0 Å². The van der Waals surface area contributed by atoms with E-state index in [-0.39, 0.29) is 24.1 Å². The minimum atomic E-state index is -0.944. The van der Waals surface area contributed by atoms with Gasteiger partial charge in [0.25, 0.3) is 5.91 Å². The molecule has 0 aliphatic heterocycles. The van der Waals surface area contributed by atoms with E-state index >= 15 is 0 Å². The lowest BCUT2D eigenvalue weighted by Crippen LogP contribution is -2.35. The van der Waals surface area contributed by atoms with Crippen LogP contribution in [0.15, 0.2) is 30.6 Å². The quantitative estimate of drug-likeness (QED) is 0.872. The standard InChI is InChI=1S/C17H18F2N4O2/c18-11-5-6-14(15(19)7-11)17(25)22-13-8-20-23(9-13)10-16(24)21-12-3-1-2-4-12/h5-9,12H,1-4,10H2,(H,21,24)(H,22,25). The summed E-state index contributed by atoms with van der Waals surface area (Å²) in [7, 11) is 0. The summed E-state index contributed by atoms with van der Waals surface area (Å²) >= 11 is 0. The van der Waals surface area contributed by atoms with Crippen LogP contribution in [-0.4, -0.2) is 27.6 Å². The number of carbonyl (C=O) groups excluding carboxylic acids is 2. The molecule has 3 rings (SSSR count). The van der Waals surface area contributed by atoms with Gasteiger partial charge in [0.05, 0.1) is 17.4 Å². The number of benzene rings is 1. The molecule has 2 N–H and O–H groups in total. The fraction of sp³-hybridized carbons (Fsp3) is 0.353. The van der Waals surface area contributed by atoms with Crippen LogP contribution in [0.5, 0.6) is 0 Å². The molecular weight excluding hydrogens is 330 g/mol. The van der Waals surface area contributed by atoms with Gasteiger partial charge < -0.3 is 10.6 Å². The van der Waals surface area contributed by atoms with E-state index < -0.39 is 17.5 Å². The van der Waals surface area contributed by atoms with E-state index in [9.17, 15) is 18.4 Å². The largest absolute Gasteiger partial charge is 0.352 e. The van der Waals surface area contributed by atoms with Crippen LogP contribution in [0.25, 0.3) is 0 Å². The molecule has 25 heavy (non-hydrogen) atoms. The lowest BCUT2D eigenvalue weighted by atomic mass is 10.2. The van der Waals surface area contributed by atoms with Gasteiger partial charge in [-0.2, -0.15) is 5.10 Å². The Bertz CT molecular complexity index is 785. The molecule has 0 saturated heterocycles. The summed E-state index contributed by atoms with van der Waals surface area (Å²) in [6.45, 7) is 0.0390. The third-order valence-electron chi connectivity index (χ3n) is 4.09. The third-order valence-corrected chi connectivity index (χ3v) is 4.09. The Morgan fingerprint density at radius 1 is 1.24 bits per heavy atom. The molecule has 1 aliphatic rings. The van der Waals surface area contributed by atoms with Gasteiger partial charge in [-0.25, -0.2) is 8.78 Å². The van der Waals surface area contributed by atoms with Crippen LogP contribution in [0.2, 0.25) is 0 Å². The van der Waals surface area contributed by atoms with E-state index in [2.05, 4.69) is 15.7 Å². The fourth-order valence-corrected chi connectivity index (χ4v) is 2.88. The molecule has 2 amide bonds. The Hall–Kier alpha value is -2.77. The van der Waals surface area contributed by atoms with Crippen molar-refractivity contribution in [3.63, 3.8) is 0 Å². The number of halogens is 2. The maximum atomic E-state index is 13.6. The average Bonchev–Trinajstić information content (AvgIpc) is 3.19. The summed E-state index contributed by atoms with van der Waals surface area (Å²) in [6, 6.07) is 2.95. The Labute approximate surface area is 143 Å². The lowest BCUT2D eigenvalue weighted by molar-refractivity contribution is -0.122. The van der Waals surface area contributed by atoms with Gasteiger partial charge in [0.1, 0.15) is 18.2 Å². The highest BCUT2D eigenvalue weighted by molar-refractivity contribution is 6.04. The summed E-state index contributed by atoms with van der Waals surface area (Å²) < 4.78 is 27.9. The summed E-state index contributed by atoms with van der Waals surface area (Å²) in [4.78, 5) is 24.0. The number of aromatic nitrogens is 2. The van der Waals surface area contributed by atoms with Gasteiger partial charge in [-0.1, -0.05) is 12.8 Å². The van der Waals surface area contributed by atoms with Crippen molar-refractivity contribution >= 4 is 17.5 Å². The van der Waals surface area contributed by atoms with Crippen LogP contribution in [0.3, 0.4) is 0 Å². The van der Waals surface area contributed by atoms with E-state index in [1.807, 2.05) is 0 Å². The van der Waals surface area contributed by atoms with Crippen molar-refractivity contribution in [3.05, 3.63) is 47.8 Å². The van der Waals surface area contributed by atoms with Crippen LogP contribution in [-0.2, 0) is 11.3 Å². The van der Waals surface area contributed by atoms with Crippen molar-refractivity contribution < 1.29 is 18.4 Å². The molecule has 0 atom stereocenters. The fourth-order valence-electron chi connectivity index (χ4n) is 2.88. The molecule has 0 spiro atoms. The predicted octanol–water partition coefficient (Wildman–Crippen LogP) is 2.47. The molecule has 0 bridgehead atoms. The van der Waals surface area contributed by atoms with E-state index in [4.69, 9.17) is 0 Å². The van der Waals surface area contributed by atoms with Crippen LogP contribution in [0, 0.1) is 11.6 Å². The van der Waals surface area contributed by atoms with Gasteiger partial charge in [0.2, 0.25) is 5.91 Å². The molecule has 0 unspecified atom stereocenters. The number of rotatable bonds is 5. The SMILES string of the molecule is O=C(Cn1cc(NC(=O)c2ccc(F)cc2F)cn1)NC1CCCC1. The zero-order chi connectivity index (χ0) is 17.8. The Morgan fingerprint density at radius 2 is 2.00 bits per heavy atom. The number of amides is 2. The predicted molar refractivity (Wildman–Crippen MR) is 86.9 cm³/mol. The Balaban J connectivity index is 1.57. The lowest BCUT2D eigenvalue weighted by Gasteiger charge is -2.11. The summed E-state index contributed by atoms with van der Waals surface area (Å²) in [5.74, 6) is -2.55. The van der Waals surface area contributed by atoms with E-state index in [1.165, 1.54) is 17.1 Å². The second-order valence-electron chi connectivity index (χ2n) is 6.05. The summed E-state index contributed by atoms with van der Waals surface area (Å²) in [5, 5.41) is 9.41. The molecule has 1 heterocycles. The van der Waals surface area contributed by atoms with E-state index in [0.717, 1.165) is 37.8 Å². The van der Waals surface area contributed by atoms with Gasteiger partial charge in [-0.3, -0.25) is 14.3 Å². The monoisotopic (exact) mass is 348 g/mol. The molecule has 1 aliphatic carbocycles. The molecule has 1 aromatic carbocycles. The molecule has 1 aromatic heterocycles. The third kappa shape index (κ3) is 4.40. The first-order valence-electron chi connectivity index (χ1n) is 8.09. The number of nitrogens with one attached hydrogen (secondary N) is 2. The highest BCUT2D eigenvalue weighted by Crippen LogP contribution is 2.17. The Kier molecular flexibility index (Phi) is 5.06. The smallest absolute Gasteiger partial charge is 0.258 e. The summed E-state index contributed by atoms with van der Waals surface area (Å²) in [6.07, 6.45) is 7.09. The van der Waals surface area contributed by atoms with E-state index in [0.29, 0.717) is 11.8 Å². The maximum Gasteiger partial charge on any atom is 0.258 e. The molecule has 0 radical (unpaired) electrons. The molecule has 6 nitrogen and oxygen atoms in total. The minimum absolute atomic E-state index is 0.0390. The van der Waals surface area contributed by atoms with Crippen LogP contribution >= 0.6 is 0 Å². The first kappa shape index (κ1) is 17.1. The van der Waals surface area contributed by atoms with E-state index in [1.54, 1.807) is 0 Å². The normalized spacial score (nSPS) is 14.5. The van der Waals surface area contributed by atoms with Gasteiger partial charge >= 0.3 is 0 Å². The molecule has 8 heteroatoms. The number of nitrogens with zero attached hydrogens (tertiary/aromatic N) is 2. The molecular formula is C17H18F2N4O2. The second kappa shape index (κ2) is 7.42. The minimum Gasteiger partial charge on any atom is -0.352 e. The molecule has 2 aromatic rings. The van der Waals surface area contributed by atoms with Crippen LogP contribution in [0.4, 0.5) is 14.5 Å². The number of hydrogen-bond donors (Lipinski definition) is 2. The average molecular weight is 348 g/mol. The first-order valence-corrected chi connectivity index (χ1v) is 8.09. The number of hydrogen-bond acceptors (Lipinski definition) is 3. The molecule has 1 fully saturated rings. The highest BCUT2D eigenvalue weighted by Gasteiger charge is 2.18. The summed E-state index contributed by atoms with van der Waals surface area (Å²) in [5.41, 5.74) is 0.0514. The molecule has 132 valence electrons. The Morgan fingerprint density at radius 3 is 2.72 bits per heavy atom. The van der Waals surface area contributed by atoms with Crippen LogP contribution < -0.4 is 10.6 Å². The zero-order valence-corrected chi connectivity index (χ0v) is 13.5. The number of anilines is 1. The van der Waals surface area contributed by atoms with Crippen molar-refractivity contribution in [1.82, 2.24) is 15.1 Å². The van der Waals surface area contributed by atoms with Gasteiger partial charge in [-0.05, 0) is 25.0 Å². The van der Waals surface area contributed by atoms with Crippen molar-refractivity contribution in [2.75, 3.05) is 5.32 Å². The number of carbonyl (C=O) groups is 2. The maximum absolute atomic E-state index is 13.6. The zero-order valence-electron chi connectivity index (χ0n) is 13.5.